The Bertz CT molecular complexity index is 446. The van der Waals surface area contributed by atoms with Gasteiger partial charge in [-0.05, 0) is 18.2 Å². The maximum atomic E-state index is 5.72. The highest BCUT2D eigenvalue weighted by Crippen LogP contribution is 2.30. The molecule has 1 heterocycles. The number of hydrogen-bond donors (Lipinski definition) is 0. The number of halogens is 2. The van der Waals surface area contributed by atoms with E-state index in [2.05, 4.69) is 20.9 Å². The molecule has 5 heteroatoms. The average Bonchev–Trinajstić information content (AvgIpc) is 2.51. The molecule has 14 heavy (non-hydrogen) atoms. The van der Waals surface area contributed by atoms with Crippen LogP contribution < -0.4 is 4.74 Å². The molecule has 2 rings (SSSR count). The zero-order valence-corrected chi connectivity index (χ0v) is 10.1. The van der Waals surface area contributed by atoms with Crippen molar-refractivity contribution in [3.8, 4) is 10.9 Å². The summed E-state index contributed by atoms with van der Waals surface area (Å²) in [6.45, 7) is 0. The summed E-state index contributed by atoms with van der Waals surface area (Å²) in [7, 11) is 0. The van der Waals surface area contributed by atoms with Gasteiger partial charge in [-0.2, -0.15) is 0 Å². The molecule has 0 aliphatic carbocycles. The van der Waals surface area contributed by atoms with Crippen LogP contribution in [0.4, 0.5) is 0 Å². The van der Waals surface area contributed by atoms with Crippen LogP contribution in [-0.4, -0.2) is 4.98 Å². The van der Waals surface area contributed by atoms with E-state index in [0.29, 0.717) is 9.53 Å². The number of thiazole rings is 1. The molecule has 0 aliphatic heterocycles. The molecule has 0 fully saturated rings. The van der Waals surface area contributed by atoms with Crippen molar-refractivity contribution < 1.29 is 4.74 Å². The van der Waals surface area contributed by atoms with Crippen LogP contribution in [0.2, 0.25) is 4.34 Å². The van der Waals surface area contributed by atoms with Crippen LogP contribution in [0.1, 0.15) is 0 Å². The predicted octanol–water partition coefficient (Wildman–Crippen LogP) is 4.35. The maximum absolute atomic E-state index is 5.72. The third kappa shape index (κ3) is 2.47. The maximum Gasteiger partial charge on any atom is 0.280 e. The van der Waals surface area contributed by atoms with Gasteiger partial charge in [0.25, 0.3) is 5.19 Å². The summed E-state index contributed by atoms with van der Waals surface area (Å²) in [4.78, 5) is 3.99. The Morgan fingerprint density at radius 2 is 2.29 bits per heavy atom. The van der Waals surface area contributed by atoms with Gasteiger partial charge in [-0.3, -0.25) is 0 Å². The van der Waals surface area contributed by atoms with Crippen LogP contribution in [0.5, 0.6) is 10.9 Å². The topological polar surface area (TPSA) is 22.1 Å². The molecule has 1 aromatic heterocycles. The molecule has 0 N–H and O–H groups in total. The number of benzene rings is 1. The fourth-order valence-electron chi connectivity index (χ4n) is 0.918. The van der Waals surface area contributed by atoms with Crippen molar-refractivity contribution in [2.75, 3.05) is 0 Å². The van der Waals surface area contributed by atoms with Crippen LogP contribution in [0.25, 0.3) is 0 Å². The first-order valence-corrected chi connectivity index (χ1v) is 5.77. The van der Waals surface area contributed by atoms with Gasteiger partial charge in [-0.15, -0.1) is 0 Å². The van der Waals surface area contributed by atoms with Crippen LogP contribution in [0.3, 0.4) is 0 Å². The van der Waals surface area contributed by atoms with Crippen molar-refractivity contribution in [2.24, 2.45) is 0 Å². The van der Waals surface area contributed by atoms with E-state index in [1.54, 1.807) is 6.20 Å². The first-order valence-electron chi connectivity index (χ1n) is 3.79. The summed E-state index contributed by atoms with van der Waals surface area (Å²) in [5.41, 5.74) is 0. The predicted molar refractivity (Wildman–Crippen MR) is 61.3 cm³/mol. The standard InChI is InChI=1S/C9H5BrClNOS/c10-6-2-1-3-7(4-6)13-9-12-5-8(11)14-9/h1-5H. The fourth-order valence-corrected chi connectivity index (χ4v) is 2.06. The molecular formula is C9H5BrClNOS. The summed E-state index contributed by atoms with van der Waals surface area (Å²) >= 11 is 10.4. The average molecular weight is 291 g/mol. The molecule has 2 nitrogen and oxygen atoms in total. The molecule has 0 aliphatic rings. The number of hydrogen-bond acceptors (Lipinski definition) is 3. The Kier molecular flexibility index (Phi) is 3.05. The van der Waals surface area contributed by atoms with Crippen molar-refractivity contribution >= 4 is 38.9 Å². The van der Waals surface area contributed by atoms with Crippen LogP contribution >= 0.6 is 38.9 Å². The summed E-state index contributed by atoms with van der Waals surface area (Å²) in [6, 6.07) is 7.56. The van der Waals surface area contributed by atoms with Crippen molar-refractivity contribution in [1.29, 1.82) is 0 Å². The minimum atomic E-state index is 0.549. The Labute approximate surface area is 98.6 Å². The normalized spacial score (nSPS) is 10.1. The second-order valence-corrected chi connectivity index (χ2v) is 5.03. The molecule has 72 valence electrons. The quantitative estimate of drug-likeness (QED) is 0.820. The summed E-state index contributed by atoms with van der Waals surface area (Å²) in [5.74, 6) is 0.741. The van der Waals surface area contributed by atoms with Gasteiger partial charge in [0.1, 0.15) is 10.1 Å². The van der Waals surface area contributed by atoms with E-state index in [-0.39, 0.29) is 0 Å². The van der Waals surface area contributed by atoms with E-state index in [1.807, 2.05) is 24.3 Å². The Balaban J connectivity index is 2.18. The highest BCUT2D eigenvalue weighted by molar-refractivity contribution is 9.10. The van der Waals surface area contributed by atoms with Crippen molar-refractivity contribution in [1.82, 2.24) is 4.98 Å². The molecule has 0 radical (unpaired) electrons. The van der Waals surface area contributed by atoms with E-state index in [4.69, 9.17) is 16.3 Å². The van der Waals surface area contributed by atoms with Crippen molar-refractivity contribution in [2.45, 2.75) is 0 Å². The zero-order valence-electron chi connectivity index (χ0n) is 6.91. The number of nitrogens with zero attached hydrogens (tertiary/aromatic N) is 1. The van der Waals surface area contributed by atoms with Crippen LogP contribution in [0, 0.1) is 0 Å². The molecule has 0 saturated carbocycles. The molecular weight excluding hydrogens is 286 g/mol. The highest BCUT2D eigenvalue weighted by atomic mass is 79.9. The third-order valence-electron chi connectivity index (χ3n) is 1.46. The van der Waals surface area contributed by atoms with Gasteiger partial charge in [0.15, 0.2) is 0 Å². The summed E-state index contributed by atoms with van der Waals surface area (Å²) in [5, 5.41) is 0.549. The lowest BCUT2D eigenvalue weighted by molar-refractivity contribution is 0.478. The number of ether oxygens (including phenoxy) is 1. The van der Waals surface area contributed by atoms with E-state index in [0.717, 1.165) is 10.2 Å². The molecule has 0 bridgehead atoms. The minimum Gasteiger partial charge on any atom is -0.431 e. The first-order chi connectivity index (χ1) is 6.74. The van der Waals surface area contributed by atoms with Gasteiger partial charge in [0, 0.05) is 4.47 Å². The monoisotopic (exact) mass is 289 g/mol. The lowest BCUT2D eigenvalue weighted by atomic mass is 10.3. The Morgan fingerprint density at radius 3 is 2.93 bits per heavy atom. The molecule has 1 aromatic carbocycles. The van der Waals surface area contributed by atoms with Gasteiger partial charge in [0.05, 0.1) is 6.20 Å². The van der Waals surface area contributed by atoms with Gasteiger partial charge in [-0.25, -0.2) is 4.98 Å². The second kappa shape index (κ2) is 4.29. The smallest absolute Gasteiger partial charge is 0.280 e. The minimum absolute atomic E-state index is 0.549. The van der Waals surface area contributed by atoms with E-state index >= 15 is 0 Å². The first kappa shape index (κ1) is 9.96. The molecule has 0 amide bonds. The second-order valence-electron chi connectivity index (χ2n) is 2.49. The molecule has 0 atom stereocenters. The summed E-state index contributed by atoms with van der Waals surface area (Å²) < 4.78 is 7.06. The largest absolute Gasteiger partial charge is 0.431 e. The molecule has 0 spiro atoms. The molecule has 0 saturated heterocycles. The van der Waals surface area contributed by atoms with Gasteiger partial charge < -0.3 is 4.74 Å². The van der Waals surface area contributed by atoms with E-state index < -0.39 is 0 Å². The molecule has 2 aromatic rings. The Morgan fingerprint density at radius 1 is 1.43 bits per heavy atom. The van der Waals surface area contributed by atoms with Crippen LogP contribution in [-0.2, 0) is 0 Å². The zero-order chi connectivity index (χ0) is 9.97. The van der Waals surface area contributed by atoms with Gasteiger partial charge >= 0.3 is 0 Å². The number of aromatic nitrogens is 1. The van der Waals surface area contributed by atoms with Crippen molar-refractivity contribution in [3.05, 3.63) is 39.3 Å². The summed E-state index contributed by atoms with van der Waals surface area (Å²) in [6.07, 6.45) is 1.57. The van der Waals surface area contributed by atoms with E-state index in [1.165, 1.54) is 11.3 Å². The van der Waals surface area contributed by atoms with Gasteiger partial charge in [-0.1, -0.05) is 44.9 Å². The lowest BCUT2D eigenvalue weighted by Gasteiger charge is -2.00. The van der Waals surface area contributed by atoms with Crippen LogP contribution in [0.15, 0.2) is 34.9 Å². The fraction of sp³-hybridized carbons (Fsp3) is 0. The number of rotatable bonds is 2. The Hall–Kier alpha value is -0.580. The lowest BCUT2D eigenvalue weighted by Crippen LogP contribution is -1.81. The van der Waals surface area contributed by atoms with Gasteiger partial charge in [0.2, 0.25) is 0 Å². The van der Waals surface area contributed by atoms with Crippen molar-refractivity contribution in [3.63, 3.8) is 0 Å². The molecule has 0 unspecified atom stereocenters. The third-order valence-corrected chi connectivity index (χ3v) is 2.94. The highest BCUT2D eigenvalue weighted by Gasteiger charge is 2.02. The van der Waals surface area contributed by atoms with E-state index in [9.17, 15) is 0 Å². The SMILES string of the molecule is Clc1cnc(Oc2cccc(Br)c2)s1.